The molecule has 0 bridgehead atoms. The van der Waals surface area contributed by atoms with Crippen LogP contribution in [0.5, 0.6) is 0 Å². The van der Waals surface area contributed by atoms with Gasteiger partial charge in [-0.25, -0.2) is 4.98 Å². The number of hydrogen-bond donors (Lipinski definition) is 1. The Kier molecular flexibility index (Phi) is 5.53. The van der Waals surface area contributed by atoms with Crippen molar-refractivity contribution in [1.82, 2.24) is 9.55 Å². The summed E-state index contributed by atoms with van der Waals surface area (Å²) in [5, 5.41) is 0. The summed E-state index contributed by atoms with van der Waals surface area (Å²) in [5.41, 5.74) is 5.98. The van der Waals surface area contributed by atoms with Crippen LogP contribution >= 0.6 is 0 Å². The van der Waals surface area contributed by atoms with Gasteiger partial charge in [0.1, 0.15) is 5.82 Å². The fourth-order valence-corrected chi connectivity index (χ4v) is 1.90. The van der Waals surface area contributed by atoms with E-state index in [-0.39, 0.29) is 6.04 Å². The smallest absolute Gasteiger partial charge is 0.110 e. The SMILES string of the molecule is CCC(N)Cc1nccn1CC(CC)CC. The third-order valence-electron chi connectivity index (χ3n) is 3.38. The molecule has 3 nitrogen and oxygen atoms in total. The van der Waals surface area contributed by atoms with Crippen LogP contribution in [0, 0.1) is 5.92 Å². The summed E-state index contributed by atoms with van der Waals surface area (Å²) in [4.78, 5) is 4.41. The van der Waals surface area contributed by atoms with E-state index in [1.807, 2.05) is 6.20 Å². The van der Waals surface area contributed by atoms with Gasteiger partial charge < -0.3 is 10.3 Å². The molecule has 2 N–H and O–H groups in total. The molecule has 16 heavy (non-hydrogen) atoms. The second-order valence-corrected chi connectivity index (χ2v) is 4.55. The fourth-order valence-electron chi connectivity index (χ4n) is 1.90. The van der Waals surface area contributed by atoms with Gasteiger partial charge in [0, 0.05) is 31.4 Å². The molecule has 0 aliphatic heterocycles. The first-order valence-corrected chi connectivity index (χ1v) is 6.46. The molecule has 1 unspecified atom stereocenters. The van der Waals surface area contributed by atoms with Gasteiger partial charge in [0.15, 0.2) is 0 Å². The van der Waals surface area contributed by atoms with E-state index in [1.54, 1.807) is 0 Å². The lowest BCUT2D eigenvalue weighted by Gasteiger charge is -2.16. The molecule has 0 saturated heterocycles. The molecule has 1 aromatic rings. The average molecular weight is 223 g/mol. The first-order valence-electron chi connectivity index (χ1n) is 6.46. The first kappa shape index (κ1) is 13.2. The maximum atomic E-state index is 5.98. The number of rotatable bonds is 7. The molecule has 0 aliphatic rings. The van der Waals surface area contributed by atoms with Crippen LogP contribution in [0.1, 0.15) is 45.9 Å². The Balaban J connectivity index is 2.62. The van der Waals surface area contributed by atoms with Gasteiger partial charge in [0.05, 0.1) is 0 Å². The van der Waals surface area contributed by atoms with Crippen LogP contribution in [0.3, 0.4) is 0 Å². The Bertz CT molecular complexity index is 289. The molecular formula is C13H25N3. The molecule has 1 atom stereocenters. The summed E-state index contributed by atoms with van der Waals surface area (Å²) in [6.07, 6.45) is 8.33. The van der Waals surface area contributed by atoms with E-state index < -0.39 is 0 Å². The van der Waals surface area contributed by atoms with E-state index in [4.69, 9.17) is 5.73 Å². The van der Waals surface area contributed by atoms with Gasteiger partial charge in [0.2, 0.25) is 0 Å². The highest BCUT2D eigenvalue weighted by Crippen LogP contribution is 2.13. The summed E-state index contributed by atoms with van der Waals surface area (Å²) in [6.45, 7) is 7.71. The molecule has 1 heterocycles. The lowest BCUT2D eigenvalue weighted by Crippen LogP contribution is -2.24. The number of nitrogens with zero attached hydrogens (tertiary/aromatic N) is 2. The fraction of sp³-hybridized carbons (Fsp3) is 0.769. The van der Waals surface area contributed by atoms with E-state index >= 15 is 0 Å². The van der Waals surface area contributed by atoms with Crippen LogP contribution in [-0.2, 0) is 13.0 Å². The quantitative estimate of drug-likeness (QED) is 0.772. The first-order chi connectivity index (χ1) is 7.71. The molecule has 1 aromatic heterocycles. The molecule has 3 heteroatoms. The minimum atomic E-state index is 0.239. The third-order valence-corrected chi connectivity index (χ3v) is 3.38. The second kappa shape index (κ2) is 6.69. The lowest BCUT2D eigenvalue weighted by atomic mass is 10.0. The van der Waals surface area contributed by atoms with Gasteiger partial charge in [0.25, 0.3) is 0 Å². The van der Waals surface area contributed by atoms with E-state index in [9.17, 15) is 0 Å². The Morgan fingerprint density at radius 3 is 2.50 bits per heavy atom. The molecule has 0 aliphatic carbocycles. The topological polar surface area (TPSA) is 43.8 Å². The summed E-state index contributed by atoms with van der Waals surface area (Å²) in [6, 6.07) is 0.239. The van der Waals surface area contributed by atoms with E-state index in [1.165, 1.54) is 12.8 Å². The van der Waals surface area contributed by atoms with Crippen molar-refractivity contribution >= 4 is 0 Å². The molecule has 0 saturated carbocycles. The Morgan fingerprint density at radius 1 is 1.25 bits per heavy atom. The summed E-state index contributed by atoms with van der Waals surface area (Å²) in [7, 11) is 0. The highest BCUT2D eigenvalue weighted by molar-refractivity contribution is 4.95. The van der Waals surface area contributed by atoms with Crippen molar-refractivity contribution in [2.45, 2.75) is 59.0 Å². The van der Waals surface area contributed by atoms with Gasteiger partial charge in [-0.15, -0.1) is 0 Å². The van der Waals surface area contributed by atoms with Gasteiger partial charge in [-0.2, -0.15) is 0 Å². The molecule has 0 fully saturated rings. The Hall–Kier alpha value is -0.830. The van der Waals surface area contributed by atoms with Crippen molar-refractivity contribution in [1.29, 1.82) is 0 Å². The van der Waals surface area contributed by atoms with Crippen molar-refractivity contribution < 1.29 is 0 Å². The van der Waals surface area contributed by atoms with Gasteiger partial charge in [-0.3, -0.25) is 0 Å². The lowest BCUT2D eigenvalue weighted by molar-refractivity contribution is 0.407. The van der Waals surface area contributed by atoms with Crippen molar-refractivity contribution in [3.05, 3.63) is 18.2 Å². The van der Waals surface area contributed by atoms with Crippen molar-refractivity contribution in [2.75, 3.05) is 0 Å². The average Bonchev–Trinajstić information content (AvgIpc) is 2.73. The van der Waals surface area contributed by atoms with Crippen molar-refractivity contribution in [2.24, 2.45) is 11.7 Å². The zero-order chi connectivity index (χ0) is 12.0. The maximum Gasteiger partial charge on any atom is 0.110 e. The zero-order valence-electron chi connectivity index (χ0n) is 10.8. The largest absolute Gasteiger partial charge is 0.335 e. The van der Waals surface area contributed by atoms with Crippen LogP contribution < -0.4 is 5.73 Å². The van der Waals surface area contributed by atoms with E-state index in [0.717, 1.165) is 31.1 Å². The van der Waals surface area contributed by atoms with Gasteiger partial charge in [-0.1, -0.05) is 33.6 Å². The van der Waals surface area contributed by atoms with Crippen LogP contribution in [0.2, 0.25) is 0 Å². The van der Waals surface area contributed by atoms with Crippen LogP contribution in [-0.4, -0.2) is 15.6 Å². The molecule has 0 aromatic carbocycles. The summed E-state index contributed by atoms with van der Waals surface area (Å²) < 4.78 is 2.27. The summed E-state index contributed by atoms with van der Waals surface area (Å²) >= 11 is 0. The molecule has 0 amide bonds. The van der Waals surface area contributed by atoms with E-state index in [2.05, 4.69) is 36.5 Å². The predicted molar refractivity (Wildman–Crippen MR) is 68.3 cm³/mol. The van der Waals surface area contributed by atoms with Crippen LogP contribution in [0.15, 0.2) is 12.4 Å². The van der Waals surface area contributed by atoms with Gasteiger partial charge >= 0.3 is 0 Å². The third kappa shape index (κ3) is 3.63. The van der Waals surface area contributed by atoms with Crippen LogP contribution in [0.25, 0.3) is 0 Å². The minimum absolute atomic E-state index is 0.239. The normalized spacial score (nSPS) is 13.3. The molecule has 0 radical (unpaired) electrons. The molecule has 0 spiro atoms. The maximum absolute atomic E-state index is 5.98. The van der Waals surface area contributed by atoms with Crippen molar-refractivity contribution in [3.8, 4) is 0 Å². The van der Waals surface area contributed by atoms with Crippen LogP contribution in [0.4, 0.5) is 0 Å². The highest BCUT2D eigenvalue weighted by Gasteiger charge is 2.10. The summed E-state index contributed by atoms with van der Waals surface area (Å²) in [5.74, 6) is 1.90. The van der Waals surface area contributed by atoms with E-state index in [0.29, 0.717) is 0 Å². The predicted octanol–water partition coefficient (Wildman–Crippen LogP) is 2.60. The highest BCUT2D eigenvalue weighted by atomic mass is 15.1. The molecular weight excluding hydrogens is 198 g/mol. The Morgan fingerprint density at radius 2 is 1.94 bits per heavy atom. The monoisotopic (exact) mass is 223 g/mol. The Labute approximate surface area is 99.1 Å². The second-order valence-electron chi connectivity index (χ2n) is 4.55. The minimum Gasteiger partial charge on any atom is -0.335 e. The molecule has 92 valence electrons. The standard InChI is InChI=1S/C13H25N3/c1-4-11(5-2)10-16-8-7-15-13(16)9-12(14)6-3/h7-8,11-12H,4-6,9-10,14H2,1-3H3. The number of aromatic nitrogens is 2. The number of imidazole rings is 1. The zero-order valence-corrected chi connectivity index (χ0v) is 10.8. The molecule has 1 rings (SSSR count). The van der Waals surface area contributed by atoms with Crippen molar-refractivity contribution in [3.63, 3.8) is 0 Å². The van der Waals surface area contributed by atoms with Gasteiger partial charge in [-0.05, 0) is 12.3 Å². The number of hydrogen-bond acceptors (Lipinski definition) is 2. The number of nitrogens with two attached hydrogens (primary N) is 1.